The predicted octanol–water partition coefficient (Wildman–Crippen LogP) is 2.14. The molecule has 2 aliphatic rings. The number of fused-ring (bicyclic) bond motifs is 1. The lowest BCUT2D eigenvalue weighted by molar-refractivity contribution is 0.0736. The van der Waals surface area contributed by atoms with Crippen molar-refractivity contribution >= 4 is 11.6 Å². The maximum Gasteiger partial charge on any atom is 0.240 e. The Morgan fingerprint density at radius 3 is 2.70 bits per heavy atom. The molecule has 0 bridgehead atoms. The van der Waals surface area contributed by atoms with E-state index in [9.17, 15) is 8.78 Å². The van der Waals surface area contributed by atoms with Crippen molar-refractivity contribution in [1.82, 2.24) is 0 Å². The van der Waals surface area contributed by atoms with Crippen LogP contribution in [0.1, 0.15) is 19.3 Å². The molecule has 1 aliphatic carbocycles. The summed E-state index contributed by atoms with van der Waals surface area (Å²) in [6.07, 6.45) is -0.0942. The molecule has 0 aromatic carbocycles. The molecule has 3 atom stereocenters. The average molecular weight is 169 g/mol. The van der Waals surface area contributed by atoms with Gasteiger partial charge in [-0.2, -0.15) is 0 Å². The van der Waals surface area contributed by atoms with Crippen molar-refractivity contribution in [3.63, 3.8) is 0 Å². The Kier molecular flexibility index (Phi) is 1.12. The Morgan fingerprint density at radius 2 is 2.20 bits per heavy atom. The Bertz CT molecular complexity index is 170. The van der Waals surface area contributed by atoms with Crippen molar-refractivity contribution in [1.29, 1.82) is 0 Å². The third-order valence-electron chi connectivity index (χ3n) is 2.03. The molecule has 0 aromatic rings. The first-order chi connectivity index (χ1) is 4.52. The Hall–Kier alpha value is 0.110. The minimum absolute atomic E-state index is 0.199. The van der Waals surface area contributed by atoms with Gasteiger partial charge in [0.25, 0.3) is 0 Å². The summed E-state index contributed by atoms with van der Waals surface area (Å²) in [5, 5.41) is -1.87. The number of epoxide rings is 1. The fourth-order valence-corrected chi connectivity index (χ4v) is 1.71. The van der Waals surface area contributed by atoms with Crippen LogP contribution in [0.4, 0.5) is 8.78 Å². The van der Waals surface area contributed by atoms with Gasteiger partial charge in [-0.25, -0.2) is 8.78 Å². The van der Waals surface area contributed by atoms with Gasteiger partial charge in [0.1, 0.15) is 6.10 Å². The Morgan fingerprint density at radius 1 is 1.50 bits per heavy atom. The van der Waals surface area contributed by atoms with Gasteiger partial charge in [-0.05, 0) is 12.8 Å². The third kappa shape index (κ3) is 0.920. The van der Waals surface area contributed by atoms with Crippen LogP contribution in [0.25, 0.3) is 0 Å². The first-order valence-corrected chi connectivity index (χ1v) is 3.64. The topological polar surface area (TPSA) is 12.5 Å². The summed E-state index contributed by atoms with van der Waals surface area (Å²) in [5.74, 6) is -1.73. The molecule has 1 saturated carbocycles. The zero-order valence-corrected chi connectivity index (χ0v) is 6.00. The summed E-state index contributed by atoms with van der Waals surface area (Å²) >= 11 is 5.30. The highest BCUT2D eigenvalue weighted by Gasteiger charge is 2.64. The second-order valence-electron chi connectivity index (χ2n) is 2.96. The van der Waals surface area contributed by atoms with Crippen molar-refractivity contribution in [3.05, 3.63) is 0 Å². The fourth-order valence-electron chi connectivity index (χ4n) is 1.42. The molecule has 10 heavy (non-hydrogen) atoms. The Labute approximate surface area is 62.3 Å². The summed E-state index contributed by atoms with van der Waals surface area (Å²) in [6, 6.07) is 0. The van der Waals surface area contributed by atoms with Crippen LogP contribution in [-0.2, 0) is 4.74 Å². The van der Waals surface area contributed by atoms with Gasteiger partial charge in [-0.3, -0.25) is 0 Å². The highest BCUT2D eigenvalue weighted by molar-refractivity contribution is 6.22. The summed E-state index contributed by atoms with van der Waals surface area (Å²) < 4.78 is 30.3. The zero-order valence-electron chi connectivity index (χ0n) is 5.24. The molecule has 0 amide bonds. The highest BCUT2D eigenvalue weighted by Crippen LogP contribution is 2.54. The van der Waals surface area contributed by atoms with E-state index in [1.54, 1.807) is 0 Å². The van der Waals surface area contributed by atoms with E-state index in [-0.39, 0.29) is 18.9 Å². The largest absolute Gasteiger partial charge is 0.334 e. The van der Waals surface area contributed by atoms with Gasteiger partial charge in [0, 0.05) is 0 Å². The number of alkyl halides is 3. The van der Waals surface area contributed by atoms with E-state index in [4.69, 9.17) is 11.6 Å². The SMILES string of the molecule is FC1(Cl)CCC2OC2(F)C1. The van der Waals surface area contributed by atoms with E-state index in [2.05, 4.69) is 4.74 Å². The van der Waals surface area contributed by atoms with Gasteiger partial charge < -0.3 is 4.74 Å². The maximum absolute atomic E-state index is 12.9. The monoisotopic (exact) mass is 168 g/mol. The molecule has 0 spiro atoms. The molecular formula is C6H7ClF2O. The molecule has 0 N–H and O–H groups in total. The summed E-state index contributed by atoms with van der Waals surface area (Å²) in [5.41, 5.74) is 0. The van der Waals surface area contributed by atoms with Crippen LogP contribution >= 0.6 is 11.6 Å². The minimum atomic E-state index is -1.87. The summed E-state index contributed by atoms with van der Waals surface area (Å²) in [4.78, 5) is 0. The second-order valence-corrected chi connectivity index (χ2v) is 3.64. The maximum atomic E-state index is 12.9. The van der Waals surface area contributed by atoms with E-state index < -0.39 is 11.0 Å². The smallest absolute Gasteiger partial charge is 0.240 e. The van der Waals surface area contributed by atoms with Crippen molar-refractivity contribution in [3.8, 4) is 0 Å². The van der Waals surface area contributed by atoms with E-state index in [1.807, 2.05) is 0 Å². The number of rotatable bonds is 0. The van der Waals surface area contributed by atoms with Crippen molar-refractivity contribution < 1.29 is 13.5 Å². The van der Waals surface area contributed by atoms with Crippen LogP contribution in [0.2, 0.25) is 0 Å². The molecule has 2 rings (SSSR count). The van der Waals surface area contributed by atoms with E-state index in [0.717, 1.165) is 0 Å². The quantitative estimate of drug-likeness (QED) is 0.399. The number of ether oxygens (including phenoxy) is 1. The first-order valence-electron chi connectivity index (χ1n) is 3.26. The summed E-state index contributed by atoms with van der Waals surface area (Å²) in [6.45, 7) is 0. The molecule has 1 saturated heterocycles. The molecule has 4 heteroatoms. The predicted molar refractivity (Wildman–Crippen MR) is 32.3 cm³/mol. The third-order valence-corrected chi connectivity index (χ3v) is 2.36. The van der Waals surface area contributed by atoms with Crippen LogP contribution in [0.3, 0.4) is 0 Å². The van der Waals surface area contributed by atoms with Gasteiger partial charge in [0.05, 0.1) is 6.42 Å². The standard InChI is InChI=1S/C6H7ClF2O/c7-5(8)2-1-4-6(9,3-5)10-4/h4H,1-3H2. The number of hydrogen-bond acceptors (Lipinski definition) is 1. The number of hydrogen-bond donors (Lipinski definition) is 0. The molecule has 2 fully saturated rings. The molecule has 1 nitrogen and oxygen atoms in total. The van der Waals surface area contributed by atoms with Gasteiger partial charge >= 0.3 is 0 Å². The zero-order chi connectivity index (χ0) is 7.41. The lowest BCUT2D eigenvalue weighted by Crippen LogP contribution is -2.29. The molecule has 1 aliphatic heterocycles. The van der Waals surface area contributed by atoms with Crippen molar-refractivity contribution in [2.45, 2.75) is 36.3 Å². The van der Waals surface area contributed by atoms with E-state index in [1.165, 1.54) is 0 Å². The normalized spacial score (nSPS) is 59.7. The van der Waals surface area contributed by atoms with Gasteiger partial charge in [0.2, 0.25) is 5.85 Å². The molecule has 3 unspecified atom stereocenters. The van der Waals surface area contributed by atoms with Gasteiger partial charge in [-0.15, -0.1) is 0 Å². The average Bonchev–Trinajstić information content (AvgIpc) is 2.35. The molecule has 58 valence electrons. The summed E-state index contributed by atoms with van der Waals surface area (Å²) in [7, 11) is 0. The van der Waals surface area contributed by atoms with Crippen LogP contribution in [0.15, 0.2) is 0 Å². The van der Waals surface area contributed by atoms with Crippen LogP contribution in [0.5, 0.6) is 0 Å². The molecular weight excluding hydrogens is 162 g/mol. The van der Waals surface area contributed by atoms with Gasteiger partial charge in [-0.1, -0.05) is 11.6 Å². The van der Waals surface area contributed by atoms with Crippen molar-refractivity contribution in [2.24, 2.45) is 0 Å². The van der Waals surface area contributed by atoms with Gasteiger partial charge in [0.15, 0.2) is 5.13 Å². The lowest BCUT2D eigenvalue weighted by atomic mass is 9.97. The highest BCUT2D eigenvalue weighted by atomic mass is 35.5. The van der Waals surface area contributed by atoms with Crippen molar-refractivity contribution in [2.75, 3.05) is 0 Å². The van der Waals surface area contributed by atoms with Crippen LogP contribution in [-0.4, -0.2) is 17.1 Å². The molecule has 1 heterocycles. The number of halogens is 3. The van der Waals surface area contributed by atoms with E-state index >= 15 is 0 Å². The fraction of sp³-hybridized carbons (Fsp3) is 1.00. The van der Waals surface area contributed by atoms with E-state index in [0.29, 0.717) is 6.42 Å². The molecule has 0 radical (unpaired) electrons. The lowest BCUT2D eigenvalue weighted by Gasteiger charge is -2.21. The first kappa shape index (κ1) is 6.80. The van der Waals surface area contributed by atoms with Crippen LogP contribution < -0.4 is 0 Å². The van der Waals surface area contributed by atoms with Crippen LogP contribution in [0, 0.1) is 0 Å². The Balaban J connectivity index is 2.09. The minimum Gasteiger partial charge on any atom is -0.334 e. The molecule has 0 aromatic heterocycles. The second kappa shape index (κ2) is 1.64.